The quantitative estimate of drug-likeness (QED) is 0.708. The van der Waals surface area contributed by atoms with Crippen LogP contribution in [0.15, 0.2) is 0 Å². The van der Waals surface area contributed by atoms with Crippen molar-refractivity contribution in [3.63, 3.8) is 0 Å². The summed E-state index contributed by atoms with van der Waals surface area (Å²) in [6.45, 7) is 8.15. The number of carboxylic acid groups (broad SMARTS) is 1. The maximum Gasteiger partial charge on any atom is 0.321 e. The second kappa shape index (κ2) is 6.38. The van der Waals surface area contributed by atoms with E-state index < -0.39 is 16.8 Å². The van der Waals surface area contributed by atoms with Gasteiger partial charge in [-0.1, -0.05) is 26.7 Å². The monoisotopic (exact) mass is 233 g/mol. The summed E-state index contributed by atoms with van der Waals surface area (Å²) < 4.78 is -0.395. The van der Waals surface area contributed by atoms with Crippen LogP contribution < -0.4 is 5.73 Å². The van der Waals surface area contributed by atoms with Crippen molar-refractivity contribution in [2.45, 2.75) is 51.3 Å². The van der Waals surface area contributed by atoms with E-state index in [-0.39, 0.29) is 0 Å². The molecule has 3 N–H and O–H groups in total. The predicted molar refractivity (Wildman–Crippen MR) is 66.2 cm³/mol. The molecule has 90 valence electrons. The van der Waals surface area contributed by atoms with Crippen LogP contribution in [0.4, 0.5) is 0 Å². The second-order valence-electron chi connectivity index (χ2n) is 4.62. The molecule has 0 saturated heterocycles. The van der Waals surface area contributed by atoms with Crippen molar-refractivity contribution in [2.75, 3.05) is 5.75 Å². The lowest BCUT2D eigenvalue weighted by molar-refractivity contribution is -0.139. The van der Waals surface area contributed by atoms with Gasteiger partial charge in [0.25, 0.3) is 0 Å². The average Bonchev–Trinajstić information content (AvgIpc) is 2.14. The largest absolute Gasteiger partial charge is 0.480 e. The number of hydrogen-bond acceptors (Lipinski definition) is 3. The third-order valence-electron chi connectivity index (χ3n) is 2.54. The Hall–Kier alpha value is -0.220. The van der Waals surface area contributed by atoms with Crippen LogP contribution in [0, 0.1) is 5.92 Å². The van der Waals surface area contributed by atoms with Gasteiger partial charge in [-0.05, 0) is 25.5 Å². The summed E-state index contributed by atoms with van der Waals surface area (Å²) in [4.78, 5) is 10.8. The highest BCUT2D eigenvalue weighted by Gasteiger charge is 2.32. The minimum atomic E-state index is -0.921. The fourth-order valence-corrected chi connectivity index (χ4v) is 2.48. The fraction of sp³-hybridized carbons (Fsp3) is 0.909. The third kappa shape index (κ3) is 5.42. The zero-order valence-corrected chi connectivity index (χ0v) is 10.9. The van der Waals surface area contributed by atoms with Crippen molar-refractivity contribution >= 4 is 17.7 Å². The molecule has 0 aromatic rings. The van der Waals surface area contributed by atoms with Crippen molar-refractivity contribution < 1.29 is 9.90 Å². The van der Waals surface area contributed by atoms with E-state index in [0.29, 0.717) is 5.92 Å². The Labute approximate surface area is 96.8 Å². The second-order valence-corrected chi connectivity index (χ2v) is 6.30. The van der Waals surface area contributed by atoms with Crippen LogP contribution in [0.1, 0.15) is 40.5 Å². The minimum absolute atomic E-state index is 0.395. The van der Waals surface area contributed by atoms with Gasteiger partial charge < -0.3 is 10.8 Å². The van der Waals surface area contributed by atoms with E-state index in [1.54, 1.807) is 11.8 Å². The number of nitrogens with two attached hydrogens (primary N) is 1. The Morgan fingerprint density at radius 1 is 1.53 bits per heavy atom. The van der Waals surface area contributed by atoms with Crippen LogP contribution in [0.2, 0.25) is 0 Å². The molecule has 0 aromatic carbocycles. The van der Waals surface area contributed by atoms with Gasteiger partial charge in [0.1, 0.15) is 6.04 Å². The average molecular weight is 233 g/mol. The van der Waals surface area contributed by atoms with E-state index in [4.69, 9.17) is 10.8 Å². The van der Waals surface area contributed by atoms with Gasteiger partial charge in [0.2, 0.25) is 0 Å². The molecular formula is C11H23NO2S. The molecule has 0 rings (SSSR count). The summed E-state index contributed by atoms with van der Waals surface area (Å²) in [6.07, 6.45) is 2.36. The minimum Gasteiger partial charge on any atom is -0.480 e. The Kier molecular flexibility index (Phi) is 6.29. The van der Waals surface area contributed by atoms with E-state index in [9.17, 15) is 4.79 Å². The molecule has 0 bridgehead atoms. The van der Waals surface area contributed by atoms with Gasteiger partial charge in [0, 0.05) is 4.75 Å². The van der Waals surface area contributed by atoms with Crippen molar-refractivity contribution in [1.29, 1.82) is 0 Å². The van der Waals surface area contributed by atoms with Crippen LogP contribution in [-0.2, 0) is 4.79 Å². The highest BCUT2D eigenvalue weighted by molar-refractivity contribution is 8.00. The smallest absolute Gasteiger partial charge is 0.321 e. The molecule has 0 heterocycles. The maximum atomic E-state index is 10.8. The molecule has 1 unspecified atom stereocenters. The van der Waals surface area contributed by atoms with E-state index in [0.717, 1.165) is 5.75 Å². The first-order chi connectivity index (χ1) is 6.81. The van der Waals surface area contributed by atoms with Crippen molar-refractivity contribution in [3.8, 4) is 0 Å². The highest BCUT2D eigenvalue weighted by Crippen LogP contribution is 2.30. The van der Waals surface area contributed by atoms with E-state index in [1.165, 1.54) is 12.8 Å². The highest BCUT2D eigenvalue weighted by atomic mass is 32.2. The molecule has 0 fully saturated rings. The van der Waals surface area contributed by atoms with Gasteiger partial charge in [-0.25, -0.2) is 0 Å². The normalized spacial score (nSPS) is 16.1. The van der Waals surface area contributed by atoms with E-state index >= 15 is 0 Å². The molecule has 0 radical (unpaired) electrons. The molecule has 0 amide bonds. The number of aliphatic carboxylic acids is 1. The van der Waals surface area contributed by atoms with Crippen LogP contribution in [0.25, 0.3) is 0 Å². The summed E-state index contributed by atoms with van der Waals surface area (Å²) in [5, 5.41) is 8.85. The summed E-state index contributed by atoms with van der Waals surface area (Å²) in [5.41, 5.74) is 5.63. The van der Waals surface area contributed by atoms with E-state index in [1.807, 2.05) is 13.8 Å². The Morgan fingerprint density at radius 2 is 2.07 bits per heavy atom. The number of rotatable bonds is 7. The molecular weight excluding hydrogens is 210 g/mol. The van der Waals surface area contributed by atoms with E-state index in [2.05, 4.69) is 13.8 Å². The number of carbonyl (C=O) groups is 1. The number of hydrogen-bond donors (Lipinski definition) is 2. The molecule has 2 atom stereocenters. The number of carboxylic acids is 1. The summed E-state index contributed by atoms with van der Waals surface area (Å²) >= 11 is 1.66. The standard InChI is InChI=1S/C11H23NO2S/c1-5-6-8(2)7-15-11(3,4)9(12)10(13)14/h8-9H,5-7,12H2,1-4H3,(H,13,14)/t8?,9-/m1/s1. The van der Waals surface area contributed by atoms with Gasteiger partial charge in [-0.15, -0.1) is 0 Å². The Bertz CT molecular complexity index is 207. The SMILES string of the molecule is CCCC(C)CSC(C)(C)[C@H](N)C(=O)O. The van der Waals surface area contributed by atoms with Crippen LogP contribution >= 0.6 is 11.8 Å². The zero-order chi connectivity index (χ0) is 12.1. The molecule has 3 nitrogen and oxygen atoms in total. The van der Waals surface area contributed by atoms with Gasteiger partial charge in [0.15, 0.2) is 0 Å². The van der Waals surface area contributed by atoms with Gasteiger partial charge in [0.05, 0.1) is 0 Å². The molecule has 0 spiro atoms. The molecule has 0 aromatic heterocycles. The molecule has 0 aliphatic rings. The summed E-state index contributed by atoms with van der Waals surface area (Å²) in [7, 11) is 0. The number of thioether (sulfide) groups is 1. The lowest BCUT2D eigenvalue weighted by Gasteiger charge is -2.29. The topological polar surface area (TPSA) is 63.3 Å². The first kappa shape index (κ1) is 14.8. The zero-order valence-electron chi connectivity index (χ0n) is 10.1. The maximum absolute atomic E-state index is 10.8. The van der Waals surface area contributed by atoms with Crippen molar-refractivity contribution in [1.82, 2.24) is 0 Å². The van der Waals surface area contributed by atoms with Crippen molar-refractivity contribution in [3.05, 3.63) is 0 Å². The molecule has 0 saturated carbocycles. The van der Waals surface area contributed by atoms with Crippen LogP contribution in [-0.4, -0.2) is 27.6 Å². The lowest BCUT2D eigenvalue weighted by Crippen LogP contribution is -2.47. The Balaban J connectivity index is 4.08. The summed E-state index contributed by atoms with van der Waals surface area (Å²) in [6, 6.07) is -0.795. The van der Waals surface area contributed by atoms with Gasteiger partial charge in [-0.2, -0.15) is 11.8 Å². The van der Waals surface area contributed by atoms with Crippen molar-refractivity contribution in [2.24, 2.45) is 11.7 Å². The molecule has 15 heavy (non-hydrogen) atoms. The Morgan fingerprint density at radius 3 is 2.47 bits per heavy atom. The lowest BCUT2D eigenvalue weighted by atomic mass is 10.1. The molecule has 4 heteroatoms. The summed E-state index contributed by atoms with van der Waals surface area (Å²) in [5.74, 6) is 0.679. The first-order valence-electron chi connectivity index (χ1n) is 5.43. The predicted octanol–water partition coefficient (Wildman–Crippen LogP) is 2.35. The van der Waals surface area contributed by atoms with Crippen LogP contribution in [0.3, 0.4) is 0 Å². The first-order valence-corrected chi connectivity index (χ1v) is 6.42. The molecule has 0 aliphatic carbocycles. The van der Waals surface area contributed by atoms with Gasteiger partial charge >= 0.3 is 5.97 Å². The fourth-order valence-electron chi connectivity index (χ4n) is 1.32. The van der Waals surface area contributed by atoms with Crippen LogP contribution in [0.5, 0.6) is 0 Å². The van der Waals surface area contributed by atoms with Gasteiger partial charge in [-0.3, -0.25) is 4.79 Å². The molecule has 0 aliphatic heterocycles. The third-order valence-corrected chi connectivity index (χ3v) is 4.27.